The van der Waals surface area contributed by atoms with Crippen LogP contribution in [0, 0.1) is 12.8 Å². The average Bonchev–Trinajstić information content (AvgIpc) is 3.25. The monoisotopic (exact) mass is 470 g/mol. The van der Waals surface area contributed by atoms with Crippen molar-refractivity contribution in [3.63, 3.8) is 0 Å². The van der Waals surface area contributed by atoms with E-state index in [1.807, 2.05) is 13.0 Å². The lowest BCUT2D eigenvalue weighted by Crippen LogP contribution is -2.41. The summed E-state index contributed by atoms with van der Waals surface area (Å²) in [7, 11) is 0. The zero-order valence-electron chi connectivity index (χ0n) is 19.0. The van der Waals surface area contributed by atoms with E-state index < -0.39 is 12.0 Å². The number of benzene rings is 2. The number of carbonyl (C=O) groups excluding carboxylic acids is 1. The summed E-state index contributed by atoms with van der Waals surface area (Å²) in [6.45, 7) is 4.87. The van der Waals surface area contributed by atoms with Gasteiger partial charge in [0.1, 0.15) is 29.7 Å². The SMILES string of the molecule is Cc1ccc(OCC(O)CN2CCC(COc3ccc(C(=O)NO)cc3)CC2)c2[nH]c(=O)[nH]c12. The molecule has 5 N–H and O–H groups in total. The zero-order chi connectivity index (χ0) is 24.1. The summed E-state index contributed by atoms with van der Waals surface area (Å²) in [5.74, 6) is 1.08. The number of ether oxygens (including phenoxy) is 2. The average molecular weight is 471 g/mol. The second kappa shape index (κ2) is 10.7. The van der Waals surface area contributed by atoms with Crippen LogP contribution >= 0.6 is 0 Å². The Morgan fingerprint density at radius 2 is 1.82 bits per heavy atom. The van der Waals surface area contributed by atoms with Crippen LogP contribution in [0.1, 0.15) is 28.8 Å². The van der Waals surface area contributed by atoms with Gasteiger partial charge in [0.05, 0.1) is 12.1 Å². The van der Waals surface area contributed by atoms with Gasteiger partial charge in [-0.05, 0) is 74.7 Å². The van der Waals surface area contributed by atoms with Gasteiger partial charge in [-0.3, -0.25) is 10.0 Å². The first-order chi connectivity index (χ1) is 16.4. The van der Waals surface area contributed by atoms with E-state index >= 15 is 0 Å². The summed E-state index contributed by atoms with van der Waals surface area (Å²) in [5.41, 5.74) is 3.95. The molecular formula is C24H30N4O6. The van der Waals surface area contributed by atoms with Crippen molar-refractivity contribution in [2.45, 2.75) is 25.9 Å². The molecule has 0 saturated carbocycles. The quantitative estimate of drug-likeness (QED) is 0.237. The molecule has 2 heterocycles. The summed E-state index contributed by atoms with van der Waals surface area (Å²) in [5, 5.41) is 19.1. The van der Waals surface area contributed by atoms with Crippen molar-refractivity contribution in [2.24, 2.45) is 5.92 Å². The van der Waals surface area contributed by atoms with Crippen LogP contribution in [-0.2, 0) is 0 Å². The van der Waals surface area contributed by atoms with Crippen molar-refractivity contribution >= 4 is 16.9 Å². The molecule has 3 aromatic rings. The fourth-order valence-electron chi connectivity index (χ4n) is 4.21. The number of hydrogen-bond donors (Lipinski definition) is 5. The van der Waals surface area contributed by atoms with E-state index in [1.165, 1.54) is 0 Å². The van der Waals surface area contributed by atoms with Crippen LogP contribution in [-0.4, -0.2) is 70.0 Å². The lowest BCUT2D eigenvalue weighted by atomic mass is 9.97. The largest absolute Gasteiger partial charge is 0.493 e. The van der Waals surface area contributed by atoms with E-state index in [0.29, 0.717) is 47.2 Å². The highest BCUT2D eigenvalue weighted by atomic mass is 16.5. The molecule has 1 aliphatic heterocycles. The molecule has 1 saturated heterocycles. The van der Waals surface area contributed by atoms with Gasteiger partial charge >= 0.3 is 5.69 Å². The number of nitrogens with one attached hydrogen (secondary N) is 3. The summed E-state index contributed by atoms with van der Waals surface area (Å²) in [4.78, 5) is 30.7. The Labute approximate surface area is 196 Å². The Morgan fingerprint density at radius 1 is 1.12 bits per heavy atom. The number of aromatic amines is 2. The molecule has 0 aliphatic carbocycles. The number of aliphatic hydroxyl groups excluding tert-OH is 1. The molecule has 1 atom stereocenters. The molecule has 0 spiro atoms. The Morgan fingerprint density at radius 3 is 2.53 bits per heavy atom. The van der Waals surface area contributed by atoms with Gasteiger partial charge in [0, 0.05) is 12.1 Å². The number of likely N-dealkylation sites (tertiary alicyclic amines) is 1. The number of hydroxylamine groups is 1. The number of fused-ring (bicyclic) bond motifs is 1. The number of hydrogen-bond acceptors (Lipinski definition) is 7. The molecule has 1 aromatic heterocycles. The highest BCUT2D eigenvalue weighted by Gasteiger charge is 2.22. The van der Waals surface area contributed by atoms with E-state index in [2.05, 4.69) is 14.9 Å². The Balaban J connectivity index is 1.19. The second-order valence-electron chi connectivity index (χ2n) is 8.69. The van der Waals surface area contributed by atoms with Crippen molar-refractivity contribution in [3.05, 3.63) is 58.0 Å². The number of aromatic nitrogens is 2. The van der Waals surface area contributed by atoms with Crippen molar-refractivity contribution in [3.8, 4) is 11.5 Å². The maximum Gasteiger partial charge on any atom is 0.323 e. The number of aryl methyl sites for hydroxylation is 1. The molecule has 10 heteroatoms. The number of H-pyrrole nitrogens is 2. The lowest BCUT2D eigenvalue weighted by molar-refractivity contribution is 0.0506. The third-order valence-electron chi connectivity index (χ3n) is 6.16. The Bertz CT molecular complexity index is 1160. The van der Waals surface area contributed by atoms with Crippen molar-refractivity contribution < 1.29 is 24.6 Å². The Kier molecular flexibility index (Phi) is 7.51. The fraction of sp³-hybridized carbons (Fsp3) is 0.417. The topological polar surface area (TPSA) is 140 Å². The van der Waals surface area contributed by atoms with Gasteiger partial charge in [-0.1, -0.05) is 6.07 Å². The number of aliphatic hydroxyl groups is 1. The predicted octanol–water partition coefficient (Wildman–Crippen LogP) is 1.81. The van der Waals surface area contributed by atoms with Crippen LogP contribution in [0.5, 0.6) is 11.5 Å². The fourth-order valence-corrected chi connectivity index (χ4v) is 4.21. The Hall–Kier alpha value is -3.34. The molecule has 1 fully saturated rings. The number of amides is 1. The van der Waals surface area contributed by atoms with E-state index in [-0.39, 0.29) is 12.3 Å². The van der Waals surface area contributed by atoms with Gasteiger partial charge in [0.2, 0.25) is 0 Å². The first kappa shape index (κ1) is 23.8. The first-order valence-electron chi connectivity index (χ1n) is 11.3. The molecule has 0 radical (unpaired) electrons. The number of rotatable bonds is 9. The number of carbonyl (C=O) groups is 1. The second-order valence-corrected chi connectivity index (χ2v) is 8.69. The van der Waals surface area contributed by atoms with Gasteiger partial charge in [0.25, 0.3) is 5.91 Å². The predicted molar refractivity (Wildman–Crippen MR) is 126 cm³/mol. The van der Waals surface area contributed by atoms with E-state index in [1.54, 1.807) is 35.8 Å². The minimum Gasteiger partial charge on any atom is -0.493 e. The van der Waals surface area contributed by atoms with Gasteiger partial charge in [0.15, 0.2) is 0 Å². The maximum atomic E-state index is 11.6. The summed E-state index contributed by atoms with van der Waals surface area (Å²) < 4.78 is 11.7. The molecule has 1 unspecified atom stereocenters. The van der Waals surface area contributed by atoms with E-state index in [9.17, 15) is 14.7 Å². The van der Waals surface area contributed by atoms with Gasteiger partial charge in [-0.25, -0.2) is 10.3 Å². The third-order valence-corrected chi connectivity index (χ3v) is 6.16. The van der Waals surface area contributed by atoms with E-state index in [4.69, 9.17) is 14.7 Å². The van der Waals surface area contributed by atoms with E-state index in [0.717, 1.165) is 31.5 Å². The lowest BCUT2D eigenvalue weighted by Gasteiger charge is -2.33. The number of imidazole rings is 1. The summed E-state index contributed by atoms with van der Waals surface area (Å²) in [6, 6.07) is 10.3. The first-order valence-corrected chi connectivity index (χ1v) is 11.3. The van der Waals surface area contributed by atoms with Gasteiger partial charge < -0.3 is 29.4 Å². The summed E-state index contributed by atoms with van der Waals surface area (Å²) in [6.07, 6.45) is 1.27. The van der Waals surface area contributed by atoms with Crippen LogP contribution < -0.4 is 20.6 Å². The van der Waals surface area contributed by atoms with Gasteiger partial charge in [-0.2, -0.15) is 0 Å². The molecule has 1 amide bonds. The molecular weight excluding hydrogens is 440 g/mol. The van der Waals surface area contributed by atoms with Crippen LogP contribution in [0.4, 0.5) is 0 Å². The standard InChI is InChI=1S/C24H30N4O6/c1-15-2-7-20(22-21(15)25-24(31)26-22)34-14-18(29)12-28-10-8-16(9-11-28)13-33-19-5-3-17(4-6-19)23(30)27-32/h2-7,16,18,29,32H,8-14H2,1H3,(H,27,30)(H2,25,26,31). The molecule has 182 valence electrons. The van der Waals surface area contributed by atoms with Crippen molar-refractivity contribution in [1.29, 1.82) is 0 Å². The molecule has 4 rings (SSSR count). The third kappa shape index (κ3) is 5.77. The van der Waals surface area contributed by atoms with Crippen LogP contribution in [0.15, 0.2) is 41.2 Å². The molecule has 10 nitrogen and oxygen atoms in total. The zero-order valence-corrected chi connectivity index (χ0v) is 19.0. The smallest absolute Gasteiger partial charge is 0.323 e. The highest BCUT2D eigenvalue weighted by molar-refractivity contribution is 5.93. The van der Waals surface area contributed by atoms with Crippen molar-refractivity contribution in [2.75, 3.05) is 32.8 Å². The van der Waals surface area contributed by atoms with Crippen molar-refractivity contribution in [1.82, 2.24) is 20.3 Å². The maximum absolute atomic E-state index is 11.6. The number of piperidine rings is 1. The molecule has 0 bridgehead atoms. The number of β-amino-alcohol motifs (C(OH)–C–C–N with tert-alkyl or cyclic N) is 1. The highest BCUT2D eigenvalue weighted by Crippen LogP contribution is 2.25. The van der Waals surface area contributed by atoms with Crippen LogP contribution in [0.25, 0.3) is 11.0 Å². The van der Waals surface area contributed by atoms with Crippen LogP contribution in [0.2, 0.25) is 0 Å². The minimum atomic E-state index is -0.649. The summed E-state index contributed by atoms with van der Waals surface area (Å²) >= 11 is 0. The minimum absolute atomic E-state index is 0.138. The number of nitrogens with zero attached hydrogens (tertiary/aromatic N) is 1. The van der Waals surface area contributed by atoms with Gasteiger partial charge in [-0.15, -0.1) is 0 Å². The molecule has 1 aliphatic rings. The van der Waals surface area contributed by atoms with Crippen LogP contribution in [0.3, 0.4) is 0 Å². The molecule has 2 aromatic carbocycles. The molecule has 34 heavy (non-hydrogen) atoms. The normalized spacial score (nSPS) is 15.9.